The highest BCUT2D eigenvalue weighted by atomic mass is 16.3. The van der Waals surface area contributed by atoms with Crippen LogP contribution in [0.25, 0.3) is 0 Å². The summed E-state index contributed by atoms with van der Waals surface area (Å²) in [6.07, 6.45) is 6.99. The zero-order chi connectivity index (χ0) is 24.7. The summed E-state index contributed by atoms with van der Waals surface area (Å²) in [5.74, 6) is 2.63. The average Bonchev–Trinajstić information content (AvgIpc) is 3.03. The number of hydrogen-bond donors (Lipinski definition) is 2. The molecule has 192 valence electrons. The number of rotatable bonds is 3. The molecule has 0 aromatic heterocycles. The molecule has 0 radical (unpaired) electrons. The van der Waals surface area contributed by atoms with E-state index < -0.39 is 6.10 Å². The van der Waals surface area contributed by atoms with Gasteiger partial charge in [-0.15, -0.1) is 0 Å². The molecule has 0 spiro atoms. The molecule has 5 rings (SSSR count). The molecule has 1 saturated heterocycles. The number of likely N-dealkylation sites (tertiary alicyclic amines) is 1. The van der Waals surface area contributed by atoms with Crippen molar-refractivity contribution < 1.29 is 15.0 Å². The van der Waals surface area contributed by atoms with Crippen molar-refractivity contribution >= 4 is 5.91 Å². The zero-order valence-electron chi connectivity index (χ0n) is 22.6. The molecule has 1 heterocycles. The Labute approximate surface area is 207 Å². The third-order valence-corrected chi connectivity index (χ3v) is 12.0. The van der Waals surface area contributed by atoms with Gasteiger partial charge in [0.2, 0.25) is 0 Å². The maximum Gasteiger partial charge on any atom is 0.252 e. The quantitative estimate of drug-likeness (QED) is 0.480. The Morgan fingerprint density at radius 2 is 1.68 bits per heavy atom. The summed E-state index contributed by atoms with van der Waals surface area (Å²) in [4.78, 5) is 17.0. The van der Waals surface area contributed by atoms with E-state index in [1.165, 1.54) is 12.8 Å². The summed E-state index contributed by atoms with van der Waals surface area (Å²) >= 11 is 0. The number of fused-ring (bicyclic) bond motifs is 5. The van der Waals surface area contributed by atoms with Crippen LogP contribution in [0, 0.1) is 40.4 Å². The largest absolute Gasteiger partial charge is 0.393 e. The standard InChI is InChI=1S/C29H48N2O3/c1-16(2)19-15-31(27(19)34)23-11-13-28(4)20-10-12-29(5)22(18(20)8-9-21(28)26(23)33)14-24(32)25(29)17(3)30(6)7/h17-18,20-26,32-33H,8-15H2,1-7H3/t17-,18+,20-,21-,22-,23-,24-,25-,26+,28+,29-/m0/s1. The Bertz CT molecular complexity index is 865. The van der Waals surface area contributed by atoms with Gasteiger partial charge in [0.1, 0.15) is 0 Å². The van der Waals surface area contributed by atoms with Crippen molar-refractivity contribution in [2.45, 2.75) is 104 Å². The van der Waals surface area contributed by atoms with Crippen LogP contribution < -0.4 is 0 Å². The Kier molecular flexibility index (Phi) is 6.06. The molecule has 5 aliphatic rings. The van der Waals surface area contributed by atoms with E-state index in [2.05, 4.69) is 39.8 Å². The third kappa shape index (κ3) is 3.32. The Hall–Kier alpha value is -0.910. The molecule has 34 heavy (non-hydrogen) atoms. The fourth-order valence-corrected chi connectivity index (χ4v) is 9.93. The van der Waals surface area contributed by atoms with Crippen LogP contribution in [-0.4, -0.2) is 70.9 Å². The summed E-state index contributed by atoms with van der Waals surface area (Å²) in [5.41, 5.74) is 2.40. The van der Waals surface area contributed by atoms with Crippen LogP contribution in [0.3, 0.4) is 0 Å². The molecule has 5 heteroatoms. The maximum atomic E-state index is 12.8. The fraction of sp³-hybridized carbons (Fsp3) is 0.897. The summed E-state index contributed by atoms with van der Waals surface area (Å²) in [6, 6.07) is 0.364. The molecule has 4 aliphatic carbocycles. The molecule has 0 unspecified atom stereocenters. The van der Waals surface area contributed by atoms with Crippen LogP contribution >= 0.6 is 0 Å². The van der Waals surface area contributed by atoms with Gasteiger partial charge in [0.25, 0.3) is 5.91 Å². The molecule has 0 aromatic rings. The van der Waals surface area contributed by atoms with Crippen molar-refractivity contribution in [3.05, 3.63) is 11.1 Å². The van der Waals surface area contributed by atoms with E-state index in [4.69, 9.17) is 0 Å². The van der Waals surface area contributed by atoms with Crippen molar-refractivity contribution in [1.82, 2.24) is 9.80 Å². The normalized spacial score (nSPS) is 49.3. The minimum Gasteiger partial charge on any atom is -0.393 e. The van der Waals surface area contributed by atoms with Crippen LogP contribution in [0.2, 0.25) is 0 Å². The molecule has 5 nitrogen and oxygen atoms in total. The molecule has 5 fully saturated rings. The molecule has 1 aliphatic heterocycles. The smallest absolute Gasteiger partial charge is 0.252 e. The van der Waals surface area contributed by atoms with Gasteiger partial charge >= 0.3 is 0 Å². The third-order valence-electron chi connectivity index (χ3n) is 12.0. The number of nitrogens with zero attached hydrogens (tertiary/aromatic N) is 2. The first-order valence-electron chi connectivity index (χ1n) is 13.9. The van der Waals surface area contributed by atoms with E-state index in [1.807, 2.05) is 18.7 Å². The molecule has 2 N–H and O–H groups in total. The lowest BCUT2D eigenvalue weighted by atomic mass is 9.44. The van der Waals surface area contributed by atoms with Gasteiger partial charge in [-0.2, -0.15) is 0 Å². The van der Waals surface area contributed by atoms with Crippen molar-refractivity contribution in [3.63, 3.8) is 0 Å². The lowest BCUT2D eigenvalue weighted by Gasteiger charge is -2.63. The second kappa shape index (κ2) is 8.31. The number of aliphatic hydroxyl groups excluding tert-OH is 2. The Morgan fingerprint density at radius 1 is 1.00 bits per heavy atom. The van der Waals surface area contributed by atoms with Gasteiger partial charge in [0.15, 0.2) is 0 Å². The van der Waals surface area contributed by atoms with Crippen LogP contribution in [-0.2, 0) is 4.79 Å². The van der Waals surface area contributed by atoms with Gasteiger partial charge < -0.3 is 20.0 Å². The van der Waals surface area contributed by atoms with Gasteiger partial charge in [-0.05, 0) is 114 Å². The first-order valence-corrected chi connectivity index (χ1v) is 13.9. The second-order valence-electron chi connectivity index (χ2n) is 13.7. The van der Waals surface area contributed by atoms with Crippen molar-refractivity contribution in [1.29, 1.82) is 0 Å². The van der Waals surface area contributed by atoms with E-state index in [0.717, 1.165) is 43.3 Å². The summed E-state index contributed by atoms with van der Waals surface area (Å²) < 4.78 is 0. The van der Waals surface area contributed by atoms with Crippen LogP contribution in [0.1, 0.15) is 79.6 Å². The molecular formula is C29H48N2O3. The fourth-order valence-electron chi connectivity index (χ4n) is 9.93. The molecule has 4 saturated carbocycles. The number of β-lactam (4-membered cyclic amide) rings is 1. The van der Waals surface area contributed by atoms with Gasteiger partial charge in [0, 0.05) is 17.5 Å². The van der Waals surface area contributed by atoms with Gasteiger partial charge in [0.05, 0.1) is 24.8 Å². The monoisotopic (exact) mass is 472 g/mol. The van der Waals surface area contributed by atoms with Crippen molar-refractivity contribution in [3.8, 4) is 0 Å². The van der Waals surface area contributed by atoms with Gasteiger partial charge in [-0.1, -0.05) is 19.4 Å². The molecule has 0 aromatic carbocycles. The van der Waals surface area contributed by atoms with E-state index in [9.17, 15) is 15.0 Å². The van der Waals surface area contributed by atoms with E-state index >= 15 is 0 Å². The van der Waals surface area contributed by atoms with Gasteiger partial charge in [-0.3, -0.25) is 4.79 Å². The van der Waals surface area contributed by atoms with Crippen LogP contribution in [0.4, 0.5) is 0 Å². The predicted octanol–water partition coefficient (Wildman–Crippen LogP) is 4.08. The first kappa shape index (κ1) is 24.8. The Morgan fingerprint density at radius 3 is 2.29 bits per heavy atom. The minimum absolute atomic E-state index is 0.0160. The highest BCUT2D eigenvalue weighted by Gasteiger charge is 2.64. The van der Waals surface area contributed by atoms with Gasteiger partial charge in [-0.25, -0.2) is 0 Å². The minimum atomic E-state index is -0.411. The molecule has 0 bridgehead atoms. The molecule has 1 amide bonds. The van der Waals surface area contributed by atoms with Crippen molar-refractivity contribution in [2.75, 3.05) is 20.6 Å². The number of hydrogen-bond acceptors (Lipinski definition) is 4. The molecular weight excluding hydrogens is 424 g/mol. The number of aliphatic hydroxyl groups is 2. The second-order valence-corrected chi connectivity index (χ2v) is 13.7. The SMILES string of the molecule is CC(C)=C1CN([C@H]2CC[C@@]3(C)[C@@H](CC[C@@H]4[C@@H]3CC[C@]3(C)[C@@H]([C@H](C)N(C)C)[C@@H](O)C[C@@H]43)[C@H]2O)C1=O. The number of carbonyl (C=O) groups excluding carboxylic acids is 1. The maximum absolute atomic E-state index is 12.8. The van der Waals surface area contributed by atoms with Crippen molar-refractivity contribution in [2.24, 2.45) is 40.4 Å². The summed E-state index contributed by atoms with van der Waals surface area (Å²) in [7, 11) is 4.30. The molecule has 11 atom stereocenters. The highest BCUT2D eigenvalue weighted by Crippen LogP contribution is 2.68. The Balaban J connectivity index is 1.36. The lowest BCUT2D eigenvalue weighted by Crippen LogP contribution is -2.64. The number of amides is 1. The van der Waals surface area contributed by atoms with Crippen LogP contribution in [0.5, 0.6) is 0 Å². The number of allylic oxidation sites excluding steroid dienone is 1. The van der Waals surface area contributed by atoms with E-state index in [1.54, 1.807) is 0 Å². The first-order chi connectivity index (χ1) is 15.9. The summed E-state index contributed by atoms with van der Waals surface area (Å²) in [6.45, 7) is 12.0. The zero-order valence-corrected chi connectivity index (χ0v) is 22.6. The van der Waals surface area contributed by atoms with E-state index in [0.29, 0.717) is 36.3 Å². The topological polar surface area (TPSA) is 64.0 Å². The number of carbonyl (C=O) groups is 1. The van der Waals surface area contributed by atoms with Crippen LogP contribution in [0.15, 0.2) is 11.1 Å². The average molecular weight is 473 g/mol. The predicted molar refractivity (Wildman–Crippen MR) is 135 cm³/mol. The highest BCUT2D eigenvalue weighted by molar-refractivity contribution is 6.01. The lowest BCUT2D eigenvalue weighted by molar-refractivity contribution is -0.173. The summed E-state index contributed by atoms with van der Waals surface area (Å²) in [5, 5.41) is 22.8. The van der Waals surface area contributed by atoms with E-state index in [-0.39, 0.29) is 34.8 Å².